The van der Waals surface area contributed by atoms with Gasteiger partial charge in [0.1, 0.15) is 5.70 Å². The van der Waals surface area contributed by atoms with Gasteiger partial charge in [-0.3, -0.25) is 9.59 Å². The van der Waals surface area contributed by atoms with E-state index in [9.17, 15) is 9.59 Å². The molecule has 0 fully saturated rings. The van der Waals surface area contributed by atoms with Crippen molar-refractivity contribution >= 4 is 34.9 Å². The first kappa shape index (κ1) is 15.1. The van der Waals surface area contributed by atoms with Gasteiger partial charge in [0.05, 0.1) is 10.1 Å². The lowest BCUT2D eigenvalue weighted by atomic mass is 9.92. The van der Waals surface area contributed by atoms with E-state index in [1.54, 1.807) is 24.3 Å². The monoisotopic (exact) mass is 309 g/mol. The van der Waals surface area contributed by atoms with Gasteiger partial charge < -0.3 is 5.32 Å². The largest absolute Gasteiger partial charge is 0.378 e. The van der Waals surface area contributed by atoms with Gasteiger partial charge in [0.15, 0.2) is 0 Å². The lowest BCUT2D eigenvalue weighted by Crippen LogP contribution is -2.34. The van der Waals surface area contributed by atoms with Gasteiger partial charge >= 0.3 is 0 Å². The average molecular weight is 310 g/mol. The summed E-state index contributed by atoms with van der Waals surface area (Å²) < 4.78 is 0. The summed E-state index contributed by atoms with van der Waals surface area (Å²) in [7, 11) is 0. The maximum atomic E-state index is 12.6. The van der Waals surface area contributed by atoms with Crippen LogP contribution in [0.25, 0.3) is 0 Å². The topological polar surface area (TPSA) is 46.2 Å². The summed E-state index contributed by atoms with van der Waals surface area (Å²) in [4.78, 5) is 25.5. The number of nitrogens with one attached hydrogen (secondary N) is 1. The first-order valence-electron chi connectivity index (χ1n) is 6.48. The molecular formula is C15H16ClNO2S. The number of thioether (sulfide) groups is 1. The van der Waals surface area contributed by atoms with Crippen LogP contribution in [0.4, 0.5) is 0 Å². The third-order valence-corrected chi connectivity index (χ3v) is 4.39. The third kappa shape index (κ3) is 2.76. The number of hydrogen-bond donors (Lipinski definition) is 1. The van der Waals surface area contributed by atoms with Crippen LogP contribution in [0.2, 0.25) is 0 Å². The third-order valence-electron chi connectivity index (χ3n) is 3.28. The number of halogens is 1. The van der Waals surface area contributed by atoms with Crippen LogP contribution in [0.15, 0.2) is 34.9 Å². The molecule has 3 nitrogen and oxygen atoms in total. The standard InChI is InChI=1S/C15H16ClNO2S/c1-3-9(2)17-12-13(18)10-6-4-5-7-11(10)14(19)15(12)20-8-16/h4-7,9,17H,3,8H2,1-2H3. The Bertz CT molecular complexity index is 583. The summed E-state index contributed by atoms with van der Waals surface area (Å²) >= 11 is 6.95. The van der Waals surface area contributed by atoms with Crippen LogP contribution in [-0.4, -0.2) is 22.8 Å². The molecule has 0 aliphatic heterocycles. The van der Waals surface area contributed by atoms with Crippen LogP contribution in [0.3, 0.4) is 0 Å². The molecule has 1 unspecified atom stereocenters. The Kier molecular flexibility index (Phi) is 4.89. The van der Waals surface area contributed by atoms with Gasteiger partial charge in [-0.25, -0.2) is 0 Å². The number of allylic oxidation sites excluding steroid dienone is 2. The summed E-state index contributed by atoms with van der Waals surface area (Å²) in [5, 5.41) is 3.39. The SMILES string of the molecule is CCC(C)NC1=C(SCCl)C(=O)c2ccccc2C1=O. The molecule has 5 heteroatoms. The second kappa shape index (κ2) is 6.46. The number of fused-ring (bicyclic) bond motifs is 1. The first-order chi connectivity index (χ1) is 9.60. The van der Waals surface area contributed by atoms with E-state index in [1.807, 2.05) is 13.8 Å². The van der Waals surface area contributed by atoms with Gasteiger partial charge in [0, 0.05) is 17.2 Å². The second-order valence-electron chi connectivity index (χ2n) is 4.62. The summed E-state index contributed by atoms with van der Waals surface area (Å²) in [6.07, 6.45) is 0.867. The molecule has 0 saturated carbocycles. The van der Waals surface area contributed by atoms with E-state index < -0.39 is 0 Å². The molecule has 1 N–H and O–H groups in total. The predicted molar refractivity (Wildman–Crippen MR) is 83.3 cm³/mol. The Labute approximate surface area is 127 Å². The quantitative estimate of drug-likeness (QED) is 0.844. The van der Waals surface area contributed by atoms with Gasteiger partial charge in [-0.1, -0.05) is 31.2 Å². The van der Waals surface area contributed by atoms with Gasteiger partial charge in [-0.15, -0.1) is 23.4 Å². The number of hydrogen-bond acceptors (Lipinski definition) is 4. The number of carbonyl (C=O) groups is 2. The van der Waals surface area contributed by atoms with Gasteiger partial charge in [-0.05, 0) is 13.3 Å². The Hall–Kier alpha value is -1.26. The lowest BCUT2D eigenvalue weighted by molar-refractivity contribution is 0.0973. The first-order valence-corrected chi connectivity index (χ1v) is 8.00. The number of rotatable bonds is 5. The van der Waals surface area contributed by atoms with E-state index in [4.69, 9.17) is 11.6 Å². The highest BCUT2D eigenvalue weighted by atomic mass is 35.5. The molecule has 0 spiro atoms. The molecule has 0 amide bonds. The average Bonchev–Trinajstić information content (AvgIpc) is 2.48. The lowest BCUT2D eigenvalue weighted by Gasteiger charge is -2.23. The van der Waals surface area contributed by atoms with E-state index in [2.05, 4.69) is 5.32 Å². The zero-order valence-corrected chi connectivity index (χ0v) is 13.0. The molecule has 0 heterocycles. The summed E-state index contributed by atoms with van der Waals surface area (Å²) in [5.74, 6) is -0.259. The van der Waals surface area contributed by atoms with Crippen molar-refractivity contribution < 1.29 is 9.59 Å². The molecule has 0 radical (unpaired) electrons. The van der Waals surface area contributed by atoms with Crippen LogP contribution >= 0.6 is 23.4 Å². The minimum Gasteiger partial charge on any atom is -0.378 e. The Morgan fingerprint density at radius 1 is 1.20 bits per heavy atom. The molecular weight excluding hydrogens is 294 g/mol. The molecule has 0 aromatic heterocycles. The minimum absolute atomic E-state index is 0.123. The number of carbonyl (C=O) groups excluding carboxylic acids is 2. The zero-order valence-electron chi connectivity index (χ0n) is 11.4. The van der Waals surface area contributed by atoms with Crippen LogP contribution in [0.1, 0.15) is 41.0 Å². The highest BCUT2D eigenvalue weighted by Crippen LogP contribution is 2.32. The molecule has 1 aromatic rings. The van der Waals surface area contributed by atoms with Crippen molar-refractivity contribution in [3.05, 3.63) is 46.0 Å². The number of alkyl halides is 1. The van der Waals surface area contributed by atoms with Crippen LogP contribution in [0, 0.1) is 0 Å². The molecule has 1 aliphatic carbocycles. The fourth-order valence-electron chi connectivity index (χ4n) is 2.02. The van der Waals surface area contributed by atoms with Gasteiger partial charge in [-0.2, -0.15) is 0 Å². The Morgan fingerprint density at radius 3 is 2.35 bits per heavy atom. The van der Waals surface area contributed by atoms with Crippen molar-refractivity contribution in [2.75, 3.05) is 5.21 Å². The van der Waals surface area contributed by atoms with E-state index in [0.29, 0.717) is 21.7 Å². The second-order valence-corrected chi connectivity index (χ2v) is 6.18. The number of ketones is 2. The highest BCUT2D eigenvalue weighted by molar-refractivity contribution is 8.05. The van der Waals surface area contributed by atoms with Crippen molar-refractivity contribution in [3.8, 4) is 0 Å². The highest BCUT2D eigenvalue weighted by Gasteiger charge is 2.32. The van der Waals surface area contributed by atoms with Gasteiger partial charge in [0.25, 0.3) is 0 Å². The van der Waals surface area contributed by atoms with Crippen molar-refractivity contribution in [2.24, 2.45) is 0 Å². The molecule has 0 bridgehead atoms. The molecule has 20 heavy (non-hydrogen) atoms. The molecule has 2 rings (SSSR count). The molecule has 1 atom stereocenters. The van der Waals surface area contributed by atoms with Crippen LogP contribution in [0.5, 0.6) is 0 Å². The smallest absolute Gasteiger partial charge is 0.210 e. The number of Topliss-reactive ketones (excluding diaryl/α,β-unsaturated/α-hetero) is 2. The molecule has 1 aliphatic rings. The Morgan fingerprint density at radius 2 is 1.80 bits per heavy atom. The fraction of sp³-hybridized carbons (Fsp3) is 0.333. The van der Waals surface area contributed by atoms with E-state index >= 15 is 0 Å². The predicted octanol–water partition coefficient (Wildman–Crippen LogP) is 3.59. The normalized spacial score (nSPS) is 16.1. The van der Waals surface area contributed by atoms with E-state index in [-0.39, 0.29) is 22.8 Å². The summed E-state index contributed by atoms with van der Waals surface area (Å²) in [5.41, 5.74) is 1.30. The van der Waals surface area contributed by atoms with Crippen molar-refractivity contribution in [1.29, 1.82) is 0 Å². The summed E-state index contributed by atoms with van der Waals surface area (Å²) in [6, 6.07) is 7.03. The minimum atomic E-state index is -0.131. The molecule has 0 saturated heterocycles. The Balaban J connectivity index is 2.50. The van der Waals surface area contributed by atoms with Crippen molar-refractivity contribution in [1.82, 2.24) is 5.32 Å². The maximum absolute atomic E-state index is 12.6. The zero-order chi connectivity index (χ0) is 14.7. The van der Waals surface area contributed by atoms with Crippen molar-refractivity contribution in [3.63, 3.8) is 0 Å². The van der Waals surface area contributed by atoms with Gasteiger partial charge in [0.2, 0.25) is 11.6 Å². The van der Waals surface area contributed by atoms with Crippen molar-refractivity contribution in [2.45, 2.75) is 26.3 Å². The summed E-state index contributed by atoms with van der Waals surface area (Å²) in [6.45, 7) is 4.00. The van der Waals surface area contributed by atoms with E-state index in [0.717, 1.165) is 6.42 Å². The van der Waals surface area contributed by atoms with Crippen LogP contribution < -0.4 is 5.32 Å². The fourth-order valence-corrected chi connectivity index (χ4v) is 3.00. The van der Waals surface area contributed by atoms with E-state index in [1.165, 1.54) is 11.8 Å². The number of benzene rings is 1. The van der Waals surface area contributed by atoms with Crippen LogP contribution in [-0.2, 0) is 0 Å². The molecule has 1 aromatic carbocycles. The molecule has 106 valence electrons. The maximum Gasteiger partial charge on any atom is 0.210 e.